The summed E-state index contributed by atoms with van der Waals surface area (Å²) in [6.45, 7) is 1.08. The summed E-state index contributed by atoms with van der Waals surface area (Å²) in [6.07, 6.45) is 2.51. The number of methoxy groups -OCH3 is 4. The third kappa shape index (κ3) is 5.39. The van der Waals surface area contributed by atoms with Crippen LogP contribution in [0.5, 0.6) is 17.2 Å². The highest BCUT2D eigenvalue weighted by molar-refractivity contribution is 8.18. The Bertz CT molecular complexity index is 975. The minimum absolute atomic E-state index is 0.104. The van der Waals surface area contributed by atoms with Crippen LogP contribution in [0.15, 0.2) is 52.4 Å². The van der Waals surface area contributed by atoms with E-state index in [1.165, 1.54) is 11.8 Å². The quantitative estimate of drug-likeness (QED) is 0.425. The van der Waals surface area contributed by atoms with E-state index in [0.717, 1.165) is 5.69 Å². The van der Waals surface area contributed by atoms with E-state index in [1.807, 2.05) is 30.3 Å². The van der Waals surface area contributed by atoms with Crippen LogP contribution in [0.2, 0.25) is 0 Å². The van der Waals surface area contributed by atoms with Crippen molar-refractivity contribution in [3.8, 4) is 17.2 Å². The van der Waals surface area contributed by atoms with Gasteiger partial charge in [-0.3, -0.25) is 9.69 Å². The smallest absolute Gasteiger partial charge is 0.266 e. The van der Waals surface area contributed by atoms with Crippen molar-refractivity contribution in [2.24, 2.45) is 4.99 Å². The van der Waals surface area contributed by atoms with Crippen molar-refractivity contribution in [2.45, 2.75) is 6.42 Å². The first-order valence-electron chi connectivity index (χ1n) is 9.75. The van der Waals surface area contributed by atoms with Crippen molar-refractivity contribution in [3.63, 3.8) is 0 Å². The standard InChI is InChI=1S/C23H26N2O5S/c1-27-12-8-11-25-22(26)21(31-23(25)24-17-9-6-5-7-10-17)14-16-13-19(29-3)20(30-4)15-18(16)28-2/h5-7,9-10,13-15H,8,11-12H2,1-4H3. The van der Waals surface area contributed by atoms with Gasteiger partial charge < -0.3 is 18.9 Å². The summed E-state index contributed by atoms with van der Waals surface area (Å²) in [6, 6.07) is 13.1. The van der Waals surface area contributed by atoms with Gasteiger partial charge in [0.2, 0.25) is 0 Å². The Balaban J connectivity index is 1.98. The average Bonchev–Trinajstić information content (AvgIpc) is 3.08. The zero-order chi connectivity index (χ0) is 22.2. The number of amidine groups is 1. The Kier molecular flexibility index (Phi) is 7.97. The lowest BCUT2D eigenvalue weighted by atomic mass is 10.1. The Morgan fingerprint density at radius 2 is 1.65 bits per heavy atom. The molecular formula is C23H26N2O5S. The lowest BCUT2D eigenvalue weighted by Crippen LogP contribution is -2.30. The van der Waals surface area contributed by atoms with Gasteiger partial charge in [-0.25, -0.2) is 4.99 Å². The molecule has 0 N–H and O–H groups in total. The number of hydrogen-bond acceptors (Lipinski definition) is 7. The topological polar surface area (TPSA) is 69.6 Å². The van der Waals surface area contributed by atoms with E-state index in [9.17, 15) is 4.79 Å². The van der Waals surface area contributed by atoms with Crippen molar-refractivity contribution in [1.29, 1.82) is 0 Å². The number of carbonyl (C=O) groups excluding carboxylic acids is 1. The monoisotopic (exact) mass is 442 g/mol. The maximum Gasteiger partial charge on any atom is 0.266 e. The zero-order valence-corrected chi connectivity index (χ0v) is 18.9. The second-order valence-corrected chi connectivity index (χ2v) is 7.60. The Hall–Kier alpha value is -2.97. The average molecular weight is 443 g/mol. The van der Waals surface area contributed by atoms with Gasteiger partial charge >= 0.3 is 0 Å². The molecular weight excluding hydrogens is 416 g/mol. The summed E-state index contributed by atoms with van der Waals surface area (Å²) in [4.78, 5) is 20.1. The molecule has 1 fully saturated rings. The van der Waals surface area contributed by atoms with E-state index in [1.54, 1.807) is 51.5 Å². The number of aliphatic imine (C=N–C) groups is 1. The van der Waals surface area contributed by atoms with Gasteiger partial charge in [0.15, 0.2) is 16.7 Å². The largest absolute Gasteiger partial charge is 0.496 e. The number of hydrogen-bond donors (Lipinski definition) is 0. The van der Waals surface area contributed by atoms with Crippen molar-refractivity contribution >= 4 is 34.6 Å². The van der Waals surface area contributed by atoms with Crippen molar-refractivity contribution < 1.29 is 23.7 Å². The second-order valence-electron chi connectivity index (χ2n) is 6.59. The molecule has 7 nitrogen and oxygen atoms in total. The molecule has 31 heavy (non-hydrogen) atoms. The number of rotatable bonds is 9. The lowest BCUT2D eigenvalue weighted by molar-refractivity contribution is -0.122. The SMILES string of the molecule is COCCCN1C(=O)C(=Cc2cc(OC)c(OC)cc2OC)SC1=Nc1ccccc1. The summed E-state index contributed by atoms with van der Waals surface area (Å²) in [5.41, 5.74) is 1.51. The van der Waals surface area contributed by atoms with E-state index in [2.05, 4.69) is 0 Å². The van der Waals surface area contributed by atoms with Crippen LogP contribution >= 0.6 is 11.8 Å². The van der Waals surface area contributed by atoms with Gasteiger partial charge in [-0.05, 0) is 42.5 Å². The van der Waals surface area contributed by atoms with Crippen LogP contribution in [-0.4, -0.2) is 57.6 Å². The zero-order valence-electron chi connectivity index (χ0n) is 18.1. The van der Waals surface area contributed by atoms with Crippen molar-refractivity contribution in [3.05, 3.63) is 52.9 Å². The third-order valence-electron chi connectivity index (χ3n) is 4.62. The molecule has 0 atom stereocenters. The van der Waals surface area contributed by atoms with Gasteiger partial charge in [0, 0.05) is 31.9 Å². The van der Waals surface area contributed by atoms with E-state index >= 15 is 0 Å². The molecule has 1 heterocycles. The maximum absolute atomic E-state index is 13.2. The van der Waals surface area contributed by atoms with Gasteiger partial charge in [0.05, 0.1) is 31.9 Å². The number of thioether (sulfide) groups is 1. The Morgan fingerprint density at radius 3 is 2.29 bits per heavy atom. The van der Waals surface area contributed by atoms with Crippen LogP contribution in [0.4, 0.5) is 5.69 Å². The summed E-state index contributed by atoms with van der Waals surface area (Å²) < 4.78 is 21.4. The molecule has 0 bridgehead atoms. The fraction of sp³-hybridized carbons (Fsp3) is 0.304. The van der Waals surface area contributed by atoms with Gasteiger partial charge in [-0.15, -0.1) is 0 Å². The van der Waals surface area contributed by atoms with E-state index in [4.69, 9.17) is 23.9 Å². The molecule has 2 aromatic carbocycles. The van der Waals surface area contributed by atoms with E-state index in [0.29, 0.717) is 52.5 Å². The first-order chi connectivity index (χ1) is 15.1. The predicted molar refractivity (Wildman–Crippen MR) is 123 cm³/mol. The van der Waals surface area contributed by atoms with Crippen LogP contribution in [0.3, 0.4) is 0 Å². The third-order valence-corrected chi connectivity index (χ3v) is 5.63. The molecule has 1 aliphatic rings. The highest BCUT2D eigenvalue weighted by atomic mass is 32.2. The molecule has 1 saturated heterocycles. The molecule has 164 valence electrons. The Labute approximate surface area is 186 Å². The molecule has 3 rings (SSSR count). The number of amides is 1. The first kappa shape index (κ1) is 22.7. The highest BCUT2D eigenvalue weighted by Crippen LogP contribution is 2.39. The molecule has 0 aliphatic carbocycles. The molecule has 0 unspecified atom stereocenters. The summed E-state index contributed by atoms with van der Waals surface area (Å²) in [5, 5.41) is 0.637. The molecule has 0 aromatic heterocycles. The van der Waals surface area contributed by atoms with E-state index < -0.39 is 0 Å². The highest BCUT2D eigenvalue weighted by Gasteiger charge is 2.33. The maximum atomic E-state index is 13.2. The van der Waals surface area contributed by atoms with Crippen LogP contribution in [0.1, 0.15) is 12.0 Å². The van der Waals surface area contributed by atoms with E-state index in [-0.39, 0.29) is 5.91 Å². The summed E-state index contributed by atoms with van der Waals surface area (Å²) in [7, 11) is 6.36. The molecule has 1 aliphatic heterocycles. The summed E-state index contributed by atoms with van der Waals surface area (Å²) in [5.74, 6) is 1.59. The number of nitrogens with zero attached hydrogens (tertiary/aromatic N) is 2. The number of para-hydroxylation sites is 1. The number of ether oxygens (including phenoxy) is 4. The van der Waals surface area contributed by atoms with Crippen LogP contribution < -0.4 is 14.2 Å². The molecule has 2 aromatic rings. The molecule has 0 spiro atoms. The molecule has 0 saturated carbocycles. The number of benzene rings is 2. The van der Waals surface area contributed by atoms with Gasteiger partial charge in [0.25, 0.3) is 5.91 Å². The normalized spacial score (nSPS) is 16.3. The summed E-state index contributed by atoms with van der Waals surface area (Å²) >= 11 is 1.34. The fourth-order valence-electron chi connectivity index (χ4n) is 3.08. The minimum Gasteiger partial charge on any atom is -0.496 e. The van der Waals surface area contributed by atoms with Crippen molar-refractivity contribution in [1.82, 2.24) is 4.90 Å². The molecule has 1 amide bonds. The minimum atomic E-state index is -0.104. The lowest BCUT2D eigenvalue weighted by Gasteiger charge is -2.15. The van der Waals surface area contributed by atoms with Crippen LogP contribution in [0.25, 0.3) is 6.08 Å². The number of carbonyl (C=O) groups is 1. The molecule has 8 heteroatoms. The van der Waals surface area contributed by atoms with Gasteiger partial charge in [0.1, 0.15) is 5.75 Å². The predicted octanol–water partition coefficient (Wildman–Crippen LogP) is 4.35. The Morgan fingerprint density at radius 1 is 0.968 bits per heavy atom. The van der Waals surface area contributed by atoms with Gasteiger partial charge in [-0.2, -0.15) is 0 Å². The first-order valence-corrected chi connectivity index (χ1v) is 10.6. The van der Waals surface area contributed by atoms with Crippen LogP contribution in [-0.2, 0) is 9.53 Å². The fourth-order valence-corrected chi connectivity index (χ4v) is 4.09. The molecule has 0 radical (unpaired) electrons. The van der Waals surface area contributed by atoms with Crippen LogP contribution in [0, 0.1) is 0 Å². The van der Waals surface area contributed by atoms with Crippen molar-refractivity contribution in [2.75, 3.05) is 41.6 Å². The van der Waals surface area contributed by atoms with Gasteiger partial charge in [-0.1, -0.05) is 18.2 Å². The second kappa shape index (κ2) is 10.9.